The SMILES string of the molecule is [Fe].[Mn].[Ni].[O]=[Ru]. The maximum atomic E-state index is 8.18. The summed E-state index contributed by atoms with van der Waals surface area (Å²) in [6.45, 7) is 0. The van der Waals surface area contributed by atoms with Crippen molar-refractivity contribution >= 4 is 0 Å². The quantitative estimate of drug-likeness (QED) is 0.567. The van der Waals surface area contributed by atoms with Crippen molar-refractivity contribution in [3.8, 4) is 0 Å². The minimum absolute atomic E-state index is 0. The monoisotopic (exact) mass is 287 g/mol. The van der Waals surface area contributed by atoms with Gasteiger partial charge in [-0.3, -0.25) is 0 Å². The number of rotatable bonds is 0. The van der Waals surface area contributed by atoms with Crippen LogP contribution in [0.2, 0.25) is 0 Å². The molecule has 0 N–H and O–H groups in total. The van der Waals surface area contributed by atoms with Gasteiger partial charge in [0.25, 0.3) is 0 Å². The summed E-state index contributed by atoms with van der Waals surface area (Å²) in [6, 6.07) is 0. The Labute approximate surface area is 71.8 Å². The van der Waals surface area contributed by atoms with Crippen LogP contribution < -0.4 is 0 Å². The molecule has 0 unspecified atom stereocenters. The molecule has 39 valence electrons. The van der Waals surface area contributed by atoms with Gasteiger partial charge in [0.1, 0.15) is 0 Å². The Morgan fingerprint density at radius 1 is 1.20 bits per heavy atom. The Morgan fingerprint density at radius 3 is 1.20 bits per heavy atom. The van der Waals surface area contributed by atoms with Crippen LogP contribution >= 0.6 is 0 Å². The van der Waals surface area contributed by atoms with Crippen LogP contribution in [0.4, 0.5) is 0 Å². The van der Waals surface area contributed by atoms with Crippen LogP contribution in [0, 0.1) is 0 Å². The molecule has 0 spiro atoms. The van der Waals surface area contributed by atoms with Crippen LogP contribution in [-0.2, 0) is 72.5 Å². The summed E-state index contributed by atoms with van der Waals surface area (Å²) in [6.07, 6.45) is 0. The number of hydrogen-bond acceptors (Lipinski definition) is 1. The van der Waals surface area contributed by atoms with Crippen LogP contribution in [0.5, 0.6) is 0 Å². The van der Waals surface area contributed by atoms with Gasteiger partial charge in [-0.15, -0.1) is 0 Å². The predicted molar refractivity (Wildman–Crippen MR) is 0.686 cm³/mol. The molecule has 0 amide bonds. The van der Waals surface area contributed by atoms with E-state index in [9.17, 15) is 0 Å². The van der Waals surface area contributed by atoms with Gasteiger partial charge in [-0.25, -0.2) is 0 Å². The summed E-state index contributed by atoms with van der Waals surface area (Å²) >= 11 is 1.10. The van der Waals surface area contributed by atoms with E-state index < -0.39 is 0 Å². The Kier molecular flexibility index (Phi) is 216. The molecule has 0 aliphatic carbocycles. The van der Waals surface area contributed by atoms with E-state index in [1.807, 2.05) is 0 Å². The van der Waals surface area contributed by atoms with E-state index in [0.717, 1.165) is 18.3 Å². The molecule has 0 aromatic rings. The molecule has 0 aromatic heterocycles. The average molecular weight is 287 g/mol. The molecular formula is FeMnNiORu. The minimum atomic E-state index is 0. The normalized spacial score (nSPS) is 1.00. The number of hydrogen-bond donors (Lipinski definition) is 0. The second kappa shape index (κ2) is 38.2. The second-order valence-electron chi connectivity index (χ2n) is 0. The van der Waals surface area contributed by atoms with Gasteiger partial charge in [0.15, 0.2) is 0 Å². The van der Waals surface area contributed by atoms with E-state index in [1.54, 1.807) is 0 Å². The summed E-state index contributed by atoms with van der Waals surface area (Å²) in [5.74, 6) is 0. The van der Waals surface area contributed by atoms with Gasteiger partial charge in [-0.05, 0) is 0 Å². The van der Waals surface area contributed by atoms with Crippen LogP contribution in [0.1, 0.15) is 0 Å². The van der Waals surface area contributed by atoms with Crippen molar-refractivity contribution in [1.82, 2.24) is 0 Å². The van der Waals surface area contributed by atoms with E-state index in [-0.39, 0.29) is 50.6 Å². The van der Waals surface area contributed by atoms with Crippen molar-refractivity contribution in [3.05, 3.63) is 0 Å². The van der Waals surface area contributed by atoms with Gasteiger partial charge < -0.3 is 0 Å². The molecule has 0 rings (SSSR count). The zero-order chi connectivity index (χ0) is 2.00. The molecule has 1 nitrogen and oxygen atoms in total. The Bertz CT molecular complexity index is 11.6. The Morgan fingerprint density at radius 2 is 1.20 bits per heavy atom. The zero-order valence-electron chi connectivity index (χ0n) is 1.81. The van der Waals surface area contributed by atoms with Crippen molar-refractivity contribution < 1.29 is 72.5 Å². The first-order valence-corrected chi connectivity index (χ1v) is 0.854. The fourth-order valence-corrected chi connectivity index (χ4v) is 0. The Hall–Kier alpha value is 1.96. The van der Waals surface area contributed by atoms with Gasteiger partial charge in [0, 0.05) is 50.6 Å². The van der Waals surface area contributed by atoms with Gasteiger partial charge in [-0.1, -0.05) is 0 Å². The van der Waals surface area contributed by atoms with E-state index in [4.69, 9.17) is 3.57 Å². The molecule has 0 aliphatic rings. The summed E-state index contributed by atoms with van der Waals surface area (Å²) < 4.78 is 8.18. The van der Waals surface area contributed by atoms with Crippen molar-refractivity contribution in [3.63, 3.8) is 0 Å². The van der Waals surface area contributed by atoms with Gasteiger partial charge in [-0.2, -0.15) is 0 Å². The molecule has 0 aliphatic heterocycles. The Balaban J connectivity index is -0.00000000167. The molecule has 0 saturated carbocycles. The summed E-state index contributed by atoms with van der Waals surface area (Å²) in [4.78, 5) is 0. The van der Waals surface area contributed by atoms with Crippen molar-refractivity contribution in [2.24, 2.45) is 0 Å². The third kappa shape index (κ3) is 24.4. The van der Waals surface area contributed by atoms with Crippen LogP contribution in [-0.4, -0.2) is 0 Å². The van der Waals surface area contributed by atoms with E-state index in [2.05, 4.69) is 0 Å². The molecule has 5 heavy (non-hydrogen) atoms. The predicted octanol–water partition coefficient (Wildman–Crippen LogP) is -0.129. The van der Waals surface area contributed by atoms with Gasteiger partial charge in [0.2, 0.25) is 0 Å². The molecule has 0 fully saturated rings. The molecule has 1 radical (unpaired) electrons. The average Bonchev–Trinajstić information content (AvgIpc) is 1.00. The van der Waals surface area contributed by atoms with Gasteiger partial charge in [0.05, 0.1) is 0 Å². The first-order chi connectivity index (χ1) is 1.00. The van der Waals surface area contributed by atoms with Crippen molar-refractivity contribution in [2.45, 2.75) is 0 Å². The molecule has 0 bridgehead atoms. The van der Waals surface area contributed by atoms with Crippen LogP contribution in [0.25, 0.3) is 0 Å². The maximum absolute atomic E-state index is 8.18. The topological polar surface area (TPSA) is 17.1 Å². The first kappa shape index (κ1) is 28.2. The fraction of sp³-hybridized carbons (Fsp3) is 0. The molecule has 0 heterocycles. The fourth-order valence-electron chi connectivity index (χ4n) is 0. The van der Waals surface area contributed by atoms with Crippen molar-refractivity contribution in [2.75, 3.05) is 0 Å². The standard InChI is InChI=1S/Fe.Mn.Ni.O.Ru. The first-order valence-electron chi connectivity index (χ1n) is 0.144. The van der Waals surface area contributed by atoms with E-state index >= 15 is 0 Å². The molecule has 0 aromatic carbocycles. The van der Waals surface area contributed by atoms with Crippen LogP contribution in [0.15, 0.2) is 0 Å². The summed E-state index contributed by atoms with van der Waals surface area (Å²) in [5.41, 5.74) is 0. The third-order valence-corrected chi connectivity index (χ3v) is 0. The molecule has 0 atom stereocenters. The van der Waals surface area contributed by atoms with Gasteiger partial charge >= 0.3 is 21.8 Å². The third-order valence-electron chi connectivity index (χ3n) is 0. The second-order valence-corrected chi connectivity index (χ2v) is 0. The molecule has 0 saturated heterocycles. The zero-order valence-corrected chi connectivity index (χ0v) is 6.82. The van der Waals surface area contributed by atoms with Crippen LogP contribution in [0.3, 0.4) is 0 Å². The van der Waals surface area contributed by atoms with E-state index in [0.29, 0.717) is 0 Å². The molecule has 5 heteroatoms. The summed E-state index contributed by atoms with van der Waals surface area (Å²) in [7, 11) is 0. The molecular weight excluding hydrogens is 287 g/mol. The van der Waals surface area contributed by atoms with Crippen molar-refractivity contribution in [1.29, 1.82) is 0 Å². The summed E-state index contributed by atoms with van der Waals surface area (Å²) in [5, 5.41) is 0. The van der Waals surface area contributed by atoms with E-state index in [1.165, 1.54) is 0 Å².